The number of rotatable bonds is 6. The zero-order chi connectivity index (χ0) is 14.4. The van der Waals surface area contributed by atoms with Crippen LogP contribution >= 0.6 is 0 Å². The van der Waals surface area contributed by atoms with Gasteiger partial charge >= 0.3 is 0 Å². The summed E-state index contributed by atoms with van der Waals surface area (Å²) in [5.74, 6) is 1.34. The third-order valence-corrected chi connectivity index (χ3v) is 4.42. The van der Waals surface area contributed by atoms with Crippen molar-refractivity contribution in [3.05, 3.63) is 29.8 Å². The number of para-hydroxylation sites is 1. The molecule has 0 aromatic heterocycles. The number of aliphatic hydroxyl groups is 1. The van der Waals surface area contributed by atoms with Crippen molar-refractivity contribution in [1.29, 1.82) is 0 Å². The molecule has 1 aliphatic rings. The van der Waals surface area contributed by atoms with Gasteiger partial charge in [-0.15, -0.1) is 0 Å². The molecule has 1 aromatic carbocycles. The minimum Gasteiger partial charge on any atom is -0.496 e. The molecule has 0 aliphatic heterocycles. The van der Waals surface area contributed by atoms with Gasteiger partial charge in [0, 0.05) is 18.2 Å². The highest BCUT2D eigenvalue weighted by Gasteiger charge is 2.24. The summed E-state index contributed by atoms with van der Waals surface area (Å²) in [4.78, 5) is 0. The highest BCUT2D eigenvalue weighted by Crippen LogP contribution is 2.28. The van der Waals surface area contributed by atoms with Crippen LogP contribution < -0.4 is 10.1 Å². The molecule has 1 saturated carbocycles. The standard InChI is InChI=1S/C17H27NO2/c1-3-15(14-9-5-7-11-17(14)20-2)18-12-13-8-4-6-10-16(13)19/h5,7,9,11,13,15-16,18-19H,3-4,6,8,10,12H2,1-2H3. The first-order chi connectivity index (χ1) is 9.76. The Bertz CT molecular complexity index is 408. The first-order valence-corrected chi connectivity index (χ1v) is 7.80. The fraction of sp³-hybridized carbons (Fsp3) is 0.647. The predicted octanol–water partition coefficient (Wildman–Crippen LogP) is 3.29. The quantitative estimate of drug-likeness (QED) is 0.838. The summed E-state index contributed by atoms with van der Waals surface area (Å²) in [6.07, 6.45) is 5.39. The summed E-state index contributed by atoms with van der Waals surface area (Å²) in [5, 5.41) is 13.7. The normalized spacial score (nSPS) is 24.4. The van der Waals surface area contributed by atoms with Crippen LogP contribution in [-0.4, -0.2) is 24.9 Å². The second kappa shape index (κ2) is 7.65. The number of hydrogen-bond acceptors (Lipinski definition) is 3. The highest BCUT2D eigenvalue weighted by molar-refractivity contribution is 5.35. The van der Waals surface area contributed by atoms with E-state index in [1.54, 1.807) is 7.11 Å². The Morgan fingerprint density at radius 1 is 1.30 bits per heavy atom. The molecule has 3 unspecified atom stereocenters. The first kappa shape index (κ1) is 15.3. The summed E-state index contributed by atoms with van der Waals surface area (Å²) in [6, 6.07) is 8.48. The minimum atomic E-state index is -0.133. The lowest BCUT2D eigenvalue weighted by Crippen LogP contribution is -2.35. The third kappa shape index (κ3) is 3.74. The molecule has 3 heteroatoms. The molecule has 0 radical (unpaired) electrons. The van der Waals surface area contributed by atoms with Crippen LogP contribution in [0, 0.1) is 5.92 Å². The molecule has 2 rings (SSSR count). The summed E-state index contributed by atoms with van der Waals surface area (Å²) >= 11 is 0. The smallest absolute Gasteiger partial charge is 0.123 e. The lowest BCUT2D eigenvalue weighted by atomic mass is 9.86. The zero-order valence-corrected chi connectivity index (χ0v) is 12.6. The molecular weight excluding hydrogens is 250 g/mol. The summed E-state index contributed by atoms with van der Waals surface area (Å²) < 4.78 is 5.45. The van der Waals surface area contributed by atoms with Crippen molar-refractivity contribution in [3.63, 3.8) is 0 Å². The van der Waals surface area contributed by atoms with Gasteiger partial charge in [0.1, 0.15) is 5.75 Å². The Balaban J connectivity index is 1.98. The topological polar surface area (TPSA) is 41.5 Å². The molecule has 112 valence electrons. The molecule has 2 N–H and O–H groups in total. The fourth-order valence-electron chi connectivity index (χ4n) is 3.15. The van der Waals surface area contributed by atoms with Crippen LogP contribution in [0.15, 0.2) is 24.3 Å². The van der Waals surface area contributed by atoms with Gasteiger partial charge in [-0.1, -0.05) is 38.0 Å². The molecule has 20 heavy (non-hydrogen) atoms. The van der Waals surface area contributed by atoms with Gasteiger partial charge in [0.15, 0.2) is 0 Å². The van der Waals surface area contributed by atoms with Crippen LogP contribution in [0.2, 0.25) is 0 Å². The lowest BCUT2D eigenvalue weighted by molar-refractivity contribution is 0.0679. The van der Waals surface area contributed by atoms with Crippen molar-refractivity contribution in [2.75, 3.05) is 13.7 Å². The summed E-state index contributed by atoms with van der Waals surface area (Å²) in [6.45, 7) is 3.07. The van der Waals surface area contributed by atoms with Crippen LogP contribution in [0.5, 0.6) is 5.75 Å². The molecule has 0 heterocycles. The Morgan fingerprint density at radius 3 is 2.75 bits per heavy atom. The van der Waals surface area contributed by atoms with E-state index in [1.807, 2.05) is 12.1 Å². The van der Waals surface area contributed by atoms with Gasteiger partial charge in [0.25, 0.3) is 0 Å². The summed E-state index contributed by atoms with van der Waals surface area (Å²) in [7, 11) is 1.72. The molecule has 0 bridgehead atoms. The van der Waals surface area contributed by atoms with Crippen LogP contribution in [0.25, 0.3) is 0 Å². The monoisotopic (exact) mass is 277 g/mol. The van der Waals surface area contributed by atoms with Crippen LogP contribution in [0.4, 0.5) is 0 Å². The van der Waals surface area contributed by atoms with Gasteiger partial charge in [-0.2, -0.15) is 0 Å². The van der Waals surface area contributed by atoms with Gasteiger partial charge in [-0.25, -0.2) is 0 Å². The van der Waals surface area contributed by atoms with Crippen LogP contribution in [-0.2, 0) is 0 Å². The molecule has 3 nitrogen and oxygen atoms in total. The molecule has 1 fully saturated rings. The molecule has 3 atom stereocenters. The largest absolute Gasteiger partial charge is 0.496 e. The maximum absolute atomic E-state index is 10.1. The van der Waals surface area contributed by atoms with Crippen molar-refractivity contribution in [2.24, 2.45) is 5.92 Å². The Hall–Kier alpha value is -1.06. The van der Waals surface area contributed by atoms with Crippen molar-refractivity contribution in [1.82, 2.24) is 5.32 Å². The SMILES string of the molecule is CCC(NCC1CCCCC1O)c1ccccc1OC. The van der Waals surface area contributed by atoms with Gasteiger partial charge in [0.05, 0.1) is 13.2 Å². The average Bonchev–Trinajstić information content (AvgIpc) is 2.50. The van der Waals surface area contributed by atoms with E-state index in [1.165, 1.54) is 18.4 Å². The lowest BCUT2D eigenvalue weighted by Gasteiger charge is -2.30. The minimum absolute atomic E-state index is 0.133. The fourth-order valence-corrected chi connectivity index (χ4v) is 3.15. The van der Waals surface area contributed by atoms with E-state index in [-0.39, 0.29) is 6.10 Å². The van der Waals surface area contributed by atoms with Crippen LogP contribution in [0.1, 0.15) is 50.6 Å². The molecule has 0 amide bonds. The molecule has 1 aromatic rings. The van der Waals surface area contributed by atoms with Crippen molar-refractivity contribution >= 4 is 0 Å². The van der Waals surface area contributed by atoms with Gasteiger partial charge in [-0.3, -0.25) is 0 Å². The third-order valence-electron chi connectivity index (χ3n) is 4.42. The number of ether oxygens (including phenoxy) is 1. The van der Waals surface area contributed by atoms with Crippen LogP contribution in [0.3, 0.4) is 0 Å². The second-order valence-electron chi connectivity index (χ2n) is 5.72. The van der Waals surface area contributed by atoms with E-state index >= 15 is 0 Å². The van der Waals surface area contributed by atoms with Crippen molar-refractivity contribution in [3.8, 4) is 5.75 Å². The zero-order valence-electron chi connectivity index (χ0n) is 12.6. The Morgan fingerprint density at radius 2 is 2.05 bits per heavy atom. The van der Waals surface area contributed by atoms with E-state index in [9.17, 15) is 5.11 Å². The molecular formula is C17H27NO2. The van der Waals surface area contributed by atoms with Gasteiger partial charge in [-0.05, 0) is 31.2 Å². The molecule has 0 spiro atoms. The number of aliphatic hydroxyl groups excluding tert-OH is 1. The summed E-state index contributed by atoms with van der Waals surface area (Å²) in [5.41, 5.74) is 1.21. The van der Waals surface area contributed by atoms with E-state index < -0.39 is 0 Å². The van der Waals surface area contributed by atoms with E-state index in [2.05, 4.69) is 24.4 Å². The van der Waals surface area contributed by atoms with E-state index in [4.69, 9.17) is 4.74 Å². The first-order valence-electron chi connectivity index (χ1n) is 7.80. The number of methoxy groups -OCH3 is 1. The van der Waals surface area contributed by atoms with E-state index in [0.717, 1.165) is 31.6 Å². The highest BCUT2D eigenvalue weighted by atomic mass is 16.5. The van der Waals surface area contributed by atoms with Gasteiger partial charge in [0.2, 0.25) is 0 Å². The Kier molecular flexibility index (Phi) is 5.86. The molecule has 1 aliphatic carbocycles. The maximum atomic E-state index is 10.1. The number of hydrogen-bond donors (Lipinski definition) is 2. The number of benzene rings is 1. The maximum Gasteiger partial charge on any atom is 0.123 e. The Labute approximate surface area is 122 Å². The second-order valence-corrected chi connectivity index (χ2v) is 5.72. The molecule has 0 saturated heterocycles. The van der Waals surface area contributed by atoms with E-state index in [0.29, 0.717) is 12.0 Å². The van der Waals surface area contributed by atoms with Crippen molar-refractivity contribution < 1.29 is 9.84 Å². The number of nitrogens with one attached hydrogen (secondary N) is 1. The van der Waals surface area contributed by atoms with Crippen molar-refractivity contribution in [2.45, 2.75) is 51.2 Å². The average molecular weight is 277 g/mol. The predicted molar refractivity (Wildman–Crippen MR) is 82.0 cm³/mol. The van der Waals surface area contributed by atoms with Gasteiger partial charge < -0.3 is 15.2 Å².